The van der Waals surface area contributed by atoms with E-state index in [0.717, 1.165) is 71.3 Å². The van der Waals surface area contributed by atoms with Crippen molar-refractivity contribution in [3.8, 4) is 0 Å². The first kappa shape index (κ1) is 23.0. The lowest BCUT2D eigenvalue weighted by Crippen LogP contribution is -2.51. The van der Waals surface area contributed by atoms with Gasteiger partial charge in [-0.3, -0.25) is 14.8 Å². The average Bonchev–Trinajstić information content (AvgIpc) is 2.75. The Morgan fingerprint density at radius 3 is 2.70 bits per heavy atom. The van der Waals surface area contributed by atoms with Crippen LogP contribution in [0.2, 0.25) is 0 Å². The van der Waals surface area contributed by atoms with Gasteiger partial charge in [-0.1, -0.05) is 24.3 Å². The van der Waals surface area contributed by atoms with Crippen LogP contribution in [0.5, 0.6) is 0 Å². The molecule has 2 atom stereocenters. The van der Waals surface area contributed by atoms with Crippen molar-refractivity contribution in [2.75, 3.05) is 45.9 Å². The molecule has 2 N–H and O–H groups in total. The minimum atomic E-state index is 0.426. The smallest absolute Gasteiger partial charge is 0.191 e. The minimum Gasteiger partial charge on any atom is -0.379 e. The van der Waals surface area contributed by atoms with Gasteiger partial charge in [0.15, 0.2) is 5.96 Å². The fraction of sp³-hybridized carbons (Fsp3) is 0.708. The van der Waals surface area contributed by atoms with Crippen molar-refractivity contribution >= 4 is 5.96 Å². The number of rotatable bonds is 7. The maximum absolute atomic E-state index is 5.57. The molecule has 2 aliphatic rings. The summed E-state index contributed by atoms with van der Waals surface area (Å²) in [4.78, 5) is 10.0. The van der Waals surface area contributed by atoms with Gasteiger partial charge in [0, 0.05) is 50.8 Å². The number of guanidine groups is 1. The van der Waals surface area contributed by atoms with Gasteiger partial charge in [0.05, 0.1) is 19.8 Å². The van der Waals surface area contributed by atoms with E-state index in [1.165, 1.54) is 11.1 Å². The van der Waals surface area contributed by atoms with Crippen LogP contribution in [0.15, 0.2) is 29.3 Å². The number of hydrogen-bond acceptors (Lipinski definition) is 4. The summed E-state index contributed by atoms with van der Waals surface area (Å²) in [6.07, 6.45) is 2.32. The predicted octanol–water partition coefficient (Wildman–Crippen LogP) is 2.62. The second-order valence-electron chi connectivity index (χ2n) is 8.85. The molecule has 168 valence electrons. The van der Waals surface area contributed by atoms with Crippen molar-refractivity contribution in [1.82, 2.24) is 20.4 Å². The number of nitrogens with one attached hydrogen (secondary N) is 2. The normalized spacial score (nSPS) is 23.3. The maximum Gasteiger partial charge on any atom is 0.191 e. The van der Waals surface area contributed by atoms with Crippen LogP contribution in [0, 0.1) is 6.92 Å². The number of benzene rings is 1. The van der Waals surface area contributed by atoms with Crippen LogP contribution in [0.1, 0.15) is 44.7 Å². The lowest BCUT2D eigenvalue weighted by molar-refractivity contribution is -0.0165. The topological polar surface area (TPSA) is 52.1 Å². The first-order chi connectivity index (χ1) is 14.6. The minimum absolute atomic E-state index is 0.426. The SMILES string of the molecule is CCNC(=NCC(C)N1CCOCC1C)NC1CCN(Cc2ccccc2C)CC1. The Morgan fingerprint density at radius 1 is 1.23 bits per heavy atom. The molecule has 2 aliphatic heterocycles. The number of piperidine rings is 1. The molecule has 6 heteroatoms. The maximum atomic E-state index is 5.57. The first-order valence-electron chi connectivity index (χ1n) is 11.7. The molecule has 1 aromatic carbocycles. The van der Waals surface area contributed by atoms with Crippen LogP contribution in [-0.2, 0) is 11.3 Å². The summed E-state index contributed by atoms with van der Waals surface area (Å²) >= 11 is 0. The van der Waals surface area contributed by atoms with E-state index in [1.807, 2.05) is 0 Å². The van der Waals surface area contributed by atoms with Crippen molar-refractivity contribution in [2.45, 2.75) is 65.2 Å². The fourth-order valence-electron chi connectivity index (χ4n) is 4.50. The number of hydrogen-bond donors (Lipinski definition) is 2. The van der Waals surface area contributed by atoms with Crippen LogP contribution in [-0.4, -0.2) is 79.8 Å². The monoisotopic (exact) mass is 415 g/mol. The molecule has 2 heterocycles. The third-order valence-electron chi connectivity index (χ3n) is 6.43. The molecule has 0 radical (unpaired) electrons. The van der Waals surface area contributed by atoms with Gasteiger partial charge in [0.1, 0.15) is 0 Å². The number of morpholine rings is 1. The molecule has 2 saturated heterocycles. The Hall–Kier alpha value is -1.63. The van der Waals surface area contributed by atoms with E-state index in [9.17, 15) is 0 Å². The van der Waals surface area contributed by atoms with E-state index < -0.39 is 0 Å². The molecule has 0 aromatic heterocycles. The molecule has 6 nitrogen and oxygen atoms in total. The van der Waals surface area contributed by atoms with E-state index in [4.69, 9.17) is 9.73 Å². The molecule has 2 unspecified atom stereocenters. The van der Waals surface area contributed by atoms with Gasteiger partial charge in [-0.25, -0.2) is 0 Å². The highest BCUT2D eigenvalue weighted by atomic mass is 16.5. The van der Waals surface area contributed by atoms with E-state index in [0.29, 0.717) is 18.1 Å². The zero-order valence-electron chi connectivity index (χ0n) is 19.4. The van der Waals surface area contributed by atoms with Gasteiger partial charge in [-0.2, -0.15) is 0 Å². The molecule has 0 amide bonds. The number of ether oxygens (including phenoxy) is 1. The highest BCUT2D eigenvalue weighted by Crippen LogP contribution is 2.16. The number of aryl methyl sites for hydroxylation is 1. The van der Waals surface area contributed by atoms with Gasteiger partial charge in [-0.15, -0.1) is 0 Å². The van der Waals surface area contributed by atoms with Crippen molar-refractivity contribution < 1.29 is 4.74 Å². The molecular weight excluding hydrogens is 374 g/mol. The number of nitrogens with zero attached hydrogens (tertiary/aromatic N) is 3. The van der Waals surface area contributed by atoms with Crippen LogP contribution < -0.4 is 10.6 Å². The Morgan fingerprint density at radius 2 is 2.00 bits per heavy atom. The average molecular weight is 416 g/mol. The quantitative estimate of drug-likeness (QED) is 0.530. The van der Waals surface area contributed by atoms with Crippen molar-refractivity contribution in [3.05, 3.63) is 35.4 Å². The Bertz CT molecular complexity index is 671. The zero-order valence-corrected chi connectivity index (χ0v) is 19.4. The van der Waals surface area contributed by atoms with E-state index in [-0.39, 0.29) is 0 Å². The highest BCUT2D eigenvalue weighted by Gasteiger charge is 2.24. The molecular formula is C24H41N5O. The van der Waals surface area contributed by atoms with Crippen molar-refractivity contribution in [2.24, 2.45) is 4.99 Å². The lowest BCUT2D eigenvalue weighted by Gasteiger charge is -2.37. The summed E-state index contributed by atoms with van der Waals surface area (Å²) in [5.74, 6) is 0.961. The molecule has 0 spiro atoms. The van der Waals surface area contributed by atoms with Gasteiger partial charge in [0.2, 0.25) is 0 Å². The molecule has 0 aliphatic carbocycles. The lowest BCUT2D eigenvalue weighted by atomic mass is 10.0. The number of aliphatic imine (C=N–C) groups is 1. The van der Waals surface area contributed by atoms with Crippen molar-refractivity contribution in [1.29, 1.82) is 0 Å². The molecule has 1 aromatic rings. The second kappa shape index (κ2) is 11.7. The van der Waals surface area contributed by atoms with Crippen LogP contribution >= 0.6 is 0 Å². The summed E-state index contributed by atoms with van der Waals surface area (Å²) < 4.78 is 5.57. The van der Waals surface area contributed by atoms with Gasteiger partial charge >= 0.3 is 0 Å². The first-order valence-corrected chi connectivity index (χ1v) is 11.7. The van der Waals surface area contributed by atoms with Gasteiger partial charge in [-0.05, 0) is 51.7 Å². The van der Waals surface area contributed by atoms with Gasteiger partial charge < -0.3 is 15.4 Å². The molecule has 0 bridgehead atoms. The second-order valence-corrected chi connectivity index (χ2v) is 8.85. The fourth-order valence-corrected chi connectivity index (χ4v) is 4.50. The third-order valence-corrected chi connectivity index (χ3v) is 6.43. The van der Waals surface area contributed by atoms with Crippen molar-refractivity contribution in [3.63, 3.8) is 0 Å². The Kier molecular flexibility index (Phi) is 8.97. The summed E-state index contributed by atoms with van der Waals surface area (Å²) in [7, 11) is 0. The Balaban J connectivity index is 1.47. The summed E-state index contributed by atoms with van der Waals surface area (Å²) in [6.45, 7) is 16.5. The van der Waals surface area contributed by atoms with E-state index in [2.05, 4.69) is 72.4 Å². The van der Waals surface area contributed by atoms with E-state index >= 15 is 0 Å². The largest absolute Gasteiger partial charge is 0.379 e. The van der Waals surface area contributed by atoms with Crippen LogP contribution in [0.3, 0.4) is 0 Å². The zero-order chi connectivity index (χ0) is 21.3. The molecule has 3 rings (SSSR count). The van der Waals surface area contributed by atoms with Crippen LogP contribution in [0.4, 0.5) is 0 Å². The Labute approximate surface area is 183 Å². The highest BCUT2D eigenvalue weighted by molar-refractivity contribution is 5.80. The summed E-state index contributed by atoms with van der Waals surface area (Å²) in [5, 5.41) is 7.13. The standard InChI is InChI=1S/C24H41N5O/c1-5-25-24(26-16-20(3)29-14-15-30-18-21(29)4)27-23-10-12-28(13-11-23)17-22-9-7-6-8-19(22)2/h6-9,20-21,23H,5,10-18H2,1-4H3,(H2,25,26,27). The number of likely N-dealkylation sites (tertiary alicyclic amines) is 1. The van der Waals surface area contributed by atoms with E-state index in [1.54, 1.807) is 0 Å². The van der Waals surface area contributed by atoms with Gasteiger partial charge in [0.25, 0.3) is 0 Å². The van der Waals surface area contributed by atoms with Crippen LogP contribution in [0.25, 0.3) is 0 Å². The third kappa shape index (κ3) is 6.69. The molecule has 30 heavy (non-hydrogen) atoms. The molecule has 2 fully saturated rings. The molecule has 0 saturated carbocycles. The summed E-state index contributed by atoms with van der Waals surface area (Å²) in [5.41, 5.74) is 2.84. The summed E-state index contributed by atoms with van der Waals surface area (Å²) in [6, 6.07) is 10.1. The predicted molar refractivity (Wildman–Crippen MR) is 125 cm³/mol.